The average Bonchev–Trinajstić information content (AvgIpc) is 3.06. The van der Waals surface area contributed by atoms with Crippen molar-refractivity contribution in [1.82, 2.24) is 4.65 Å². The SMILES string of the molecule is CC[N+]1([O-])c2ccc(S(=O)(=O)O)cc2C(C)(C)C1(C)\C=C/C=C/C=C1\CC(CCCCCC(=O)O)Cc2ccc(S(=O)(=O)O)cc2C1(C)C. The molecule has 0 radical (unpaired) electrons. The van der Waals surface area contributed by atoms with E-state index in [1.54, 1.807) is 19.1 Å². The molecule has 0 amide bonds. The Labute approximate surface area is 290 Å². The lowest BCUT2D eigenvalue weighted by molar-refractivity contribution is -0.137. The maximum Gasteiger partial charge on any atom is 0.303 e. The van der Waals surface area contributed by atoms with Gasteiger partial charge in [0.1, 0.15) is 11.2 Å². The van der Waals surface area contributed by atoms with Crippen LogP contribution in [-0.4, -0.2) is 49.1 Å². The number of likely N-dealkylation sites (N-methyl/N-ethyl adjacent to an activating group) is 1. The summed E-state index contributed by atoms with van der Waals surface area (Å²) in [5.74, 6) is -0.564. The van der Waals surface area contributed by atoms with E-state index in [9.17, 15) is 35.9 Å². The Morgan fingerprint density at radius 3 is 2.08 bits per heavy atom. The van der Waals surface area contributed by atoms with Crippen LogP contribution >= 0.6 is 0 Å². The van der Waals surface area contributed by atoms with Gasteiger partial charge < -0.3 is 15.0 Å². The van der Waals surface area contributed by atoms with Gasteiger partial charge in [0.15, 0.2) is 0 Å². The monoisotopic (exact) mass is 715 g/mol. The molecule has 49 heavy (non-hydrogen) atoms. The van der Waals surface area contributed by atoms with Gasteiger partial charge in [0.05, 0.1) is 21.8 Å². The van der Waals surface area contributed by atoms with Gasteiger partial charge in [0.25, 0.3) is 20.2 Å². The Bertz CT molecular complexity index is 1910. The molecule has 1 aliphatic carbocycles. The molecular formula is C37H49NO9S2. The van der Waals surface area contributed by atoms with Gasteiger partial charge in [0.2, 0.25) is 0 Å². The summed E-state index contributed by atoms with van der Waals surface area (Å²) in [7, 11) is -8.86. The highest BCUT2D eigenvalue weighted by atomic mass is 32.2. The second-order valence-electron chi connectivity index (χ2n) is 14.6. The molecule has 0 saturated heterocycles. The second-order valence-corrected chi connectivity index (χ2v) is 17.4. The predicted octanol–water partition coefficient (Wildman–Crippen LogP) is 7.67. The largest absolute Gasteiger partial charge is 0.627 e. The number of hydroxylamine groups is 2. The van der Waals surface area contributed by atoms with Crippen molar-refractivity contribution in [1.29, 1.82) is 0 Å². The highest BCUT2D eigenvalue weighted by molar-refractivity contribution is 7.86. The molecule has 3 N–H and O–H groups in total. The Morgan fingerprint density at radius 1 is 0.878 bits per heavy atom. The van der Waals surface area contributed by atoms with Crippen LogP contribution in [0.2, 0.25) is 0 Å². The third-order valence-electron chi connectivity index (χ3n) is 11.1. The number of carboxylic acids is 1. The van der Waals surface area contributed by atoms with E-state index in [-0.39, 0.29) is 28.7 Å². The third-order valence-corrected chi connectivity index (χ3v) is 12.8. The van der Waals surface area contributed by atoms with Crippen LogP contribution in [0.3, 0.4) is 0 Å². The molecule has 2 aliphatic rings. The van der Waals surface area contributed by atoms with E-state index in [0.29, 0.717) is 17.7 Å². The van der Waals surface area contributed by atoms with E-state index in [4.69, 9.17) is 5.11 Å². The number of hydrogen-bond donors (Lipinski definition) is 3. The van der Waals surface area contributed by atoms with Crippen LogP contribution in [0.4, 0.5) is 5.69 Å². The molecule has 3 unspecified atom stereocenters. The molecule has 2 aromatic carbocycles. The van der Waals surface area contributed by atoms with Crippen LogP contribution in [0, 0.1) is 11.1 Å². The van der Waals surface area contributed by atoms with Gasteiger partial charge in [-0.05, 0) is 101 Å². The number of hydrogen-bond acceptors (Lipinski definition) is 6. The molecule has 1 aliphatic heterocycles. The van der Waals surface area contributed by atoms with Crippen molar-refractivity contribution in [3.8, 4) is 0 Å². The van der Waals surface area contributed by atoms with Gasteiger partial charge in [-0.25, -0.2) is 0 Å². The van der Waals surface area contributed by atoms with Crippen molar-refractivity contribution >= 4 is 31.9 Å². The summed E-state index contributed by atoms with van der Waals surface area (Å²) in [6.07, 6.45) is 14.2. The topological polar surface area (TPSA) is 169 Å². The quantitative estimate of drug-likeness (QED) is 0.0499. The fraction of sp³-hybridized carbons (Fsp3) is 0.486. The summed E-state index contributed by atoms with van der Waals surface area (Å²) >= 11 is 0. The van der Waals surface area contributed by atoms with E-state index in [2.05, 4.69) is 0 Å². The van der Waals surface area contributed by atoms with E-state index >= 15 is 0 Å². The molecule has 4 rings (SSSR count). The van der Waals surface area contributed by atoms with Crippen LogP contribution in [0.1, 0.15) is 96.8 Å². The van der Waals surface area contributed by atoms with Gasteiger partial charge in [-0.3, -0.25) is 13.9 Å². The molecule has 268 valence electrons. The van der Waals surface area contributed by atoms with E-state index in [1.165, 1.54) is 24.3 Å². The third kappa shape index (κ3) is 7.50. The molecule has 0 aromatic heterocycles. The fourth-order valence-corrected chi connectivity index (χ4v) is 8.75. The molecular weight excluding hydrogens is 667 g/mol. The minimum atomic E-state index is -4.45. The van der Waals surface area contributed by atoms with Gasteiger partial charge in [0, 0.05) is 23.5 Å². The zero-order chi connectivity index (χ0) is 36.6. The van der Waals surface area contributed by atoms with Crippen molar-refractivity contribution < 1.29 is 35.8 Å². The van der Waals surface area contributed by atoms with Crippen LogP contribution < -0.4 is 4.65 Å². The molecule has 0 spiro atoms. The Balaban J connectivity index is 1.68. The average molecular weight is 716 g/mol. The van der Waals surface area contributed by atoms with Crippen molar-refractivity contribution in [2.75, 3.05) is 6.54 Å². The number of carbonyl (C=O) groups is 1. The number of carboxylic acid groups (broad SMARTS) is 1. The minimum Gasteiger partial charge on any atom is -0.627 e. The van der Waals surface area contributed by atoms with Gasteiger partial charge >= 0.3 is 5.97 Å². The molecule has 3 atom stereocenters. The number of unbranched alkanes of at least 4 members (excludes halogenated alkanes) is 2. The molecule has 10 nitrogen and oxygen atoms in total. The van der Waals surface area contributed by atoms with E-state index in [0.717, 1.165) is 48.8 Å². The van der Waals surface area contributed by atoms with Gasteiger partial charge in [-0.1, -0.05) is 62.6 Å². The molecule has 0 saturated carbocycles. The summed E-state index contributed by atoms with van der Waals surface area (Å²) in [6, 6.07) is 8.93. The second kappa shape index (κ2) is 13.9. The maximum atomic E-state index is 14.5. The first-order valence-corrected chi connectivity index (χ1v) is 19.6. The summed E-state index contributed by atoms with van der Waals surface area (Å²) < 4.78 is 66.7. The number of fused-ring (bicyclic) bond motifs is 2. The van der Waals surface area contributed by atoms with Gasteiger partial charge in [-0.2, -0.15) is 16.8 Å². The van der Waals surface area contributed by atoms with Crippen molar-refractivity contribution in [3.63, 3.8) is 0 Å². The number of allylic oxidation sites excluding steroid dienone is 5. The lowest BCUT2D eigenvalue weighted by atomic mass is 9.71. The Morgan fingerprint density at radius 2 is 1.49 bits per heavy atom. The first-order chi connectivity index (χ1) is 22.6. The Hall–Kier alpha value is -3.13. The highest BCUT2D eigenvalue weighted by Gasteiger charge is 2.60. The molecule has 12 heteroatoms. The van der Waals surface area contributed by atoms with Crippen LogP contribution in [0.5, 0.6) is 0 Å². The Kier molecular flexibility index (Phi) is 11.0. The van der Waals surface area contributed by atoms with Crippen LogP contribution in [0.25, 0.3) is 0 Å². The number of quaternary nitrogens is 1. The smallest absolute Gasteiger partial charge is 0.303 e. The number of benzene rings is 2. The molecule has 2 aromatic rings. The lowest BCUT2D eigenvalue weighted by Crippen LogP contribution is -2.62. The van der Waals surface area contributed by atoms with Crippen molar-refractivity contribution in [2.45, 2.75) is 113 Å². The lowest BCUT2D eigenvalue weighted by Gasteiger charge is -2.53. The first kappa shape index (κ1) is 38.7. The summed E-state index contributed by atoms with van der Waals surface area (Å²) in [4.78, 5) is 10.5. The van der Waals surface area contributed by atoms with E-state index in [1.807, 2.05) is 65.0 Å². The fourth-order valence-electron chi connectivity index (χ4n) is 7.74. The maximum absolute atomic E-state index is 14.5. The van der Waals surface area contributed by atoms with E-state index < -0.39 is 47.2 Å². The first-order valence-electron chi connectivity index (χ1n) is 16.7. The standard InChI is InChI=1S/C37H49NO9S2/c1-7-38(41)33-20-19-30(49(45,46)47)25-32(33)36(4,5)37(38,6)21-13-9-11-15-28-23-26(14-10-8-12-16-34(39)40)22-27-17-18-29(48(42,43)44)24-31(27)35(28,2)3/h9,11,13,15,17-21,24-26H,7-8,10,12,14,16,22-23H2,1-6H3,(H,39,40)(H,42,43,44)(H,45,46,47)/b11-9+,21-13-,28-15+. The van der Waals surface area contributed by atoms with Crippen molar-refractivity contribution in [2.24, 2.45) is 5.92 Å². The summed E-state index contributed by atoms with van der Waals surface area (Å²) in [5.41, 5.74) is 1.54. The number of rotatable bonds is 12. The molecule has 1 heterocycles. The summed E-state index contributed by atoms with van der Waals surface area (Å²) in [5, 5.41) is 23.5. The number of aliphatic carboxylic acids is 1. The van der Waals surface area contributed by atoms with Crippen molar-refractivity contribution in [3.05, 3.63) is 94.2 Å². The van der Waals surface area contributed by atoms with Crippen LogP contribution in [0.15, 0.2) is 82.1 Å². The zero-order valence-electron chi connectivity index (χ0n) is 29.1. The number of nitrogens with zero attached hydrogens (tertiary/aromatic N) is 1. The minimum absolute atomic E-state index is 0.140. The predicted molar refractivity (Wildman–Crippen MR) is 192 cm³/mol. The summed E-state index contributed by atoms with van der Waals surface area (Å²) in [6.45, 7) is 11.7. The zero-order valence-corrected chi connectivity index (χ0v) is 30.8. The van der Waals surface area contributed by atoms with Crippen LogP contribution in [-0.2, 0) is 42.3 Å². The molecule has 0 bridgehead atoms. The normalized spacial score (nSPS) is 25.8. The highest BCUT2D eigenvalue weighted by Crippen LogP contribution is 2.56. The molecule has 0 fully saturated rings. The van der Waals surface area contributed by atoms with Gasteiger partial charge in [-0.15, -0.1) is 0 Å².